The van der Waals surface area contributed by atoms with Crippen LogP contribution in [0.3, 0.4) is 0 Å². The molecule has 0 saturated carbocycles. The molecule has 6 nitrogen and oxygen atoms in total. The molecule has 0 radical (unpaired) electrons. The molecule has 24 heavy (non-hydrogen) atoms. The molecule has 2 fully saturated rings. The number of rotatable bonds is 2. The van der Waals surface area contributed by atoms with Crippen molar-refractivity contribution in [2.75, 3.05) is 5.75 Å². The predicted octanol–water partition coefficient (Wildman–Crippen LogP) is 1.30. The number of hydrogen-bond donors (Lipinski definition) is 0. The first kappa shape index (κ1) is 15.4. The Balaban J connectivity index is 1.69. The van der Waals surface area contributed by atoms with Crippen LogP contribution in [-0.4, -0.2) is 57.0 Å². The highest BCUT2D eigenvalue weighted by atomic mass is 32.2. The molecule has 0 aromatic heterocycles. The summed E-state index contributed by atoms with van der Waals surface area (Å²) in [6.07, 6.45) is 2.75. The van der Waals surface area contributed by atoms with Crippen LogP contribution in [0.1, 0.15) is 40.0 Å². The second-order valence-electron chi connectivity index (χ2n) is 6.21. The molecule has 0 N–H and O–H groups in total. The Labute approximate surface area is 143 Å². The third-order valence-corrected chi connectivity index (χ3v) is 6.27. The fourth-order valence-corrected chi connectivity index (χ4v) is 5.14. The topological polar surface area (TPSA) is 74.8 Å². The van der Waals surface area contributed by atoms with Gasteiger partial charge in [0.15, 0.2) is 0 Å². The molecule has 4 rings (SSSR count). The van der Waals surface area contributed by atoms with Crippen molar-refractivity contribution < 1.29 is 19.2 Å². The quantitative estimate of drug-likeness (QED) is 0.597. The van der Waals surface area contributed by atoms with Crippen LogP contribution >= 0.6 is 11.8 Å². The number of thioether (sulfide) groups is 1. The third kappa shape index (κ3) is 2.11. The van der Waals surface area contributed by atoms with Gasteiger partial charge in [0.2, 0.25) is 5.91 Å². The van der Waals surface area contributed by atoms with E-state index in [9.17, 15) is 19.2 Å². The van der Waals surface area contributed by atoms with E-state index in [2.05, 4.69) is 0 Å². The van der Waals surface area contributed by atoms with E-state index in [0.717, 1.165) is 24.0 Å². The molecule has 3 aliphatic heterocycles. The molecule has 0 bridgehead atoms. The molecule has 1 aromatic rings. The van der Waals surface area contributed by atoms with Gasteiger partial charge in [-0.15, -0.1) is 11.8 Å². The van der Waals surface area contributed by atoms with E-state index in [-0.39, 0.29) is 11.3 Å². The summed E-state index contributed by atoms with van der Waals surface area (Å²) < 4.78 is 0. The molecule has 2 saturated heterocycles. The van der Waals surface area contributed by atoms with E-state index in [1.165, 1.54) is 0 Å². The number of nitrogens with zero attached hydrogens (tertiary/aromatic N) is 2. The number of hydrogen-bond acceptors (Lipinski definition) is 5. The summed E-state index contributed by atoms with van der Waals surface area (Å²) >= 11 is 1.60. The first-order valence-corrected chi connectivity index (χ1v) is 9.04. The van der Waals surface area contributed by atoms with Gasteiger partial charge in [0.1, 0.15) is 12.3 Å². The van der Waals surface area contributed by atoms with Crippen LogP contribution < -0.4 is 0 Å². The standard InChI is InChI=1S/C17H16N2O4S/c20-8-10-9-24-14-7-3-6-13(17(23)18(10)14)19-15(21)11-4-1-2-5-12(11)16(19)22/h1-2,4-5,8,10,13-14H,3,6-7,9H2/t10?,13?,14-/m1/s1. The SMILES string of the molecule is O=CC1CS[C@@H]2CCCC(N3C(=O)c4ccccc4C3=O)C(=O)N12. The predicted molar refractivity (Wildman–Crippen MR) is 87.5 cm³/mol. The fourth-order valence-electron chi connectivity index (χ4n) is 3.73. The van der Waals surface area contributed by atoms with Crippen molar-refractivity contribution in [1.82, 2.24) is 9.80 Å². The van der Waals surface area contributed by atoms with Gasteiger partial charge in [-0.3, -0.25) is 19.3 Å². The Morgan fingerprint density at radius 2 is 1.71 bits per heavy atom. The number of aldehydes is 1. The van der Waals surface area contributed by atoms with Crippen LogP contribution in [0, 0.1) is 0 Å². The lowest BCUT2D eigenvalue weighted by Gasteiger charge is -2.30. The molecule has 1 aromatic carbocycles. The molecule has 3 aliphatic rings. The minimum atomic E-state index is -0.816. The van der Waals surface area contributed by atoms with E-state index in [0.29, 0.717) is 23.3 Å². The van der Waals surface area contributed by atoms with Gasteiger partial charge in [0.25, 0.3) is 11.8 Å². The monoisotopic (exact) mass is 344 g/mol. The van der Waals surface area contributed by atoms with E-state index < -0.39 is 23.9 Å². The normalized spacial score (nSPS) is 29.5. The zero-order valence-electron chi connectivity index (χ0n) is 12.9. The number of carbonyl (C=O) groups is 4. The first-order chi connectivity index (χ1) is 11.6. The van der Waals surface area contributed by atoms with Crippen LogP contribution in [-0.2, 0) is 9.59 Å². The molecule has 2 unspecified atom stereocenters. The Bertz CT molecular complexity index is 715. The molecule has 124 valence electrons. The van der Waals surface area contributed by atoms with Crippen molar-refractivity contribution >= 4 is 35.8 Å². The molecule has 3 amide bonds. The maximum atomic E-state index is 13.0. The highest BCUT2D eigenvalue weighted by molar-refractivity contribution is 8.00. The van der Waals surface area contributed by atoms with Gasteiger partial charge < -0.3 is 9.69 Å². The largest absolute Gasteiger partial charge is 0.318 e. The van der Waals surface area contributed by atoms with Crippen molar-refractivity contribution in [2.45, 2.75) is 36.7 Å². The van der Waals surface area contributed by atoms with Crippen LogP contribution in [0.5, 0.6) is 0 Å². The average molecular weight is 344 g/mol. The lowest BCUT2D eigenvalue weighted by Crippen LogP contribution is -2.53. The summed E-state index contributed by atoms with van der Waals surface area (Å²) in [6.45, 7) is 0. The van der Waals surface area contributed by atoms with Gasteiger partial charge in [0, 0.05) is 5.75 Å². The van der Waals surface area contributed by atoms with Gasteiger partial charge in [-0.1, -0.05) is 12.1 Å². The Morgan fingerprint density at radius 3 is 2.33 bits per heavy atom. The van der Waals surface area contributed by atoms with Crippen molar-refractivity contribution in [3.63, 3.8) is 0 Å². The summed E-state index contributed by atoms with van der Waals surface area (Å²) in [5.41, 5.74) is 0.692. The van der Waals surface area contributed by atoms with Crippen molar-refractivity contribution in [2.24, 2.45) is 0 Å². The molecular formula is C17H16N2O4S. The molecule has 3 atom stereocenters. The second kappa shape index (κ2) is 5.73. The zero-order valence-corrected chi connectivity index (χ0v) is 13.7. The summed E-state index contributed by atoms with van der Waals surface area (Å²) in [7, 11) is 0. The third-order valence-electron chi connectivity index (χ3n) is 4.89. The molecule has 0 spiro atoms. The smallest absolute Gasteiger partial charge is 0.262 e. The number of amides is 3. The number of imide groups is 1. The van der Waals surface area contributed by atoms with Gasteiger partial charge >= 0.3 is 0 Å². The van der Waals surface area contributed by atoms with Gasteiger partial charge in [-0.05, 0) is 31.4 Å². The maximum absolute atomic E-state index is 13.0. The summed E-state index contributed by atoms with van der Waals surface area (Å²) in [5, 5.41) is -0.0344. The highest BCUT2D eigenvalue weighted by Crippen LogP contribution is 2.37. The summed E-state index contributed by atoms with van der Waals surface area (Å²) in [6, 6.07) is 5.35. The van der Waals surface area contributed by atoms with Crippen LogP contribution in [0.25, 0.3) is 0 Å². The first-order valence-electron chi connectivity index (χ1n) is 7.99. The average Bonchev–Trinajstić information content (AvgIpc) is 3.07. The highest BCUT2D eigenvalue weighted by Gasteiger charge is 2.48. The second-order valence-corrected chi connectivity index (χ2v) is 7.42. The molecule has 0 aliphatic carbocycles. The van der Waals surface area contributed by atoms with Crippen LogP contribution in [0.4, 0.5) is 0 Å². The molecule has 7 heteroatoms. The fraction of sp³-hybridized carbons (Fsp3) is 0.412. The Hall–Kier alpha value is -2.15. The van der Waals surface area contributed by atoms with Crippen molar-refractivity contribution in [1.29, 1.82) is 0 Å². The number of fused-ring (bicyclic) bond motifs is 2. The summed E-state index contributed by atoms with van der Waals surface area (Å²) in [5.74, 6) is -0.535. The number of benzene rings is 1. The van der Waals surface area contributed by atoms with E-state index in [4.69, 9.17) is 0 Å². The van der Waals surface area contributed by atoms with Crippen LogP contribution in [0.15, 0.2) is 24.3 Å². The Morgan fingerprint density at radius 1 is 1.04 bits per heavy atom. The lowest BCUT2D eigenvalue weighted by atomic mass is 10.1. The van der Waals surface area contributed by atoms with Crippen molar-refractivity contribution in [3.8, 4) is 0 Å². The minimum Gasteiger partial charge on any atom is -0.318 e. The van der Waals surface area contributed by atoms with E-state index >= 15 is 0 Å². The summed E-state index contributed by atoms with van der Waals surface area (Å²) in [4.78, 5) is 52.3. The molecular weight excluding hydrogens is 328 g/mol. The number of carbonyl (C=O) groups excluding carboxylic acids is 4. The van der Waals surface area contributed by atoms with E-state index in [1.54, 1.807) is 40.9 Å². The van der Waals surface area contributed by atoms with Crippen molar-refractivity contribution in [3.05, 3.63) is 35.4 Å². The van der Waals surface area contributed by atoms with Gasteiger partial charge in [-0.2, -0.15) is 0 Å². The Kier molecular flexibility index (Phi) is 3.68. The minimum absolute atomic E-state index is 0.0344. The van der Waals surface area contributed by atoms with Gasteiger partial charge in [-0.25, -0.2) is 0 Å². The molecule has 3 heterocycles. The zero-order chi connectivity index (χ0) is 16.8. The van der Waals surface area contributed by atoms with Gasteiger partial charge in [0.05, 0.1) is 22.5 Å². The van der Waals surface area contributed by atoms with Crippen LogP contribution in [0.2, 0.25) is 0 Å². The maximum Gasteiger partial charge on any atom is 0.262 e. The lowest BCUT2D eigenvalue weighted by molar-refractivity contribution is -0.139. The van der Waals surface area contributed by atoms with E-state index in [1.807, 2.05) is 0 Å².